The fourth-order valence-corrected chi connectivity index (χ4v) is 1.36. The molecule has 1 radical (unpaired) electrons. The molecule has 0 aliphatic heterocycles. The second kappa shape index (κ2) is 4.59. The number of rotatable bonds is 3. The van der Waals surface area contributed by atoms with Gasteiger partial charge in [-0.3, -0.25) is 0 Å². The van der Waals surface area contributed by atoms with Crippen LogP contribution in [0.5, 0.6) is 0 Å². The lowest BCUT2D eigenvalue weighted by molar-refractivity contribution is 0.282. The molecule has 1 atom stereocenters. The molecule has 0 aliphatic rings. The van der Waals surface area contributed by atoms with Crippen LogP contribution in [0.3, 0.4) is 0 Å². The van der Waals surface area contributed by atoms with E-state index in [9.17, 15) is 0 Å². The quantitative estimate of drug-likeness (QED) is 0.785. The maximum atomic E-state index is 8.99. The van der Waals surface area contributed by atoms with Crippen molar-refractivity contribution < 1.29 is 5.11 Å². The van der Waals surface area contributed by atoms with Crippen molar-refractivity contribution in [3.63, 3.8) is 0 Å². The Bertz CT molecular complexity index is 376. The minimum Gasteiger partial charge on any atom is -0.396 e. The smallest absolute Gasteiger partial charge is 0.0998 e. The molecule has 0 fully saturated rings. The number of nitriles is 1. The molecule has 1 aromatic carbocycles. The number of benzene rings is 1. The van der Waals surface area contributed by atoms with Gasteiger partial charge >= 0.3 is 0 Å². The van der Waals surface area contributed by atoms with Gasteiger partial charge in [-0.05, 0) is 24.1 Å². The molecule has 1 unspecified atom stereocenters. The van der Waals surface area contributed by atoms with E-state index in [1.54, 1.807) is 18.2 Å². The molecule has 0 aliphatic carbocycles. The summed E-state index contributed by atoms with van der Waals surface area (Å²) in [4.78, 5) is 0. The highest BCUT2D eigenvalue weighted by molar-refractivity contribution is 5.61. The first kappa shape index (κ1) is 10.5. The summed E-state index contributed by atoms with van der Waals surface area (Å²) in [5, 5.41) is 17.8. The molecule has 1 N–H and O–H groups in total. The van der Waals surface area contributed by atoms with Crippen LogP contribution in [0.1, 0.15) is 22.6 Å². The summed E-state index contributed by atoms with van der Waals surface area (Å²) in [6.07, 6.45) is 1.63. The maximum Gasteiger partial charge on any atom is 0.0998 e. The topological polar surface area (TPSA) is 44.0 Å². The van der Waals surface area contributed by atoms with Crippen LogP contribution in [-0.4, -0.2) is 11.7 Å². The second-order valence-electron chi connectivity index (χ2n) is 3.00. The summed E-state index contributed by atoms with van der Waals surface area (Å²) < 4.78 is 0. The SMILES string of the molecule is [CH2]C(CO)c1cccc(C#N)c1C=C. The minimum absolute atomic E-state index is 0.0320. The van der Waals surface area contributed by atoms with Crippen LogP contribution in [0.4, 0.5) is 0 Å². The van der Waals surface area contributed by atoms with Crippen molar-refractivity contribution in [2.24, 2.45) is 0 Å². The van der Waals surface area contributed by atoms with Crippen molar-refractivity contribution in [3.05, 3.63) is 48.4 Å². The van der Waals surface area contributed by atoms with E-state index in [4.69, 9.17) is 10.4 Å². The van der Waals surface area contributed by atoms with E-state index in [-0.39, 0.29) is 12.5 Å². The Hall–Kier alpha value is -1.59. The fraction of sp³-hybridized carbons (Fsp3) is 0.167. The van der Waals surface area contributed by atoms with Gasteiger partial charge in [0, 0.05) is 12.5 Å². The first-order chi connectivity index (χ1) is 6.74. The first-order valence-electron chi connectivity index (χ1n) is 4.34. The summed E-state index contributed by atoms with van der Waals surface area (Å²) in [5.74, 6) is -0.212. The molecule has 0 bridgehead atoms. The minimum atomic E-state index is -0.212. The molecule has 71 valence electrons. The third kappa shape index (κ3) is 1.84. The summed E-state index contributed by atoms with van der Waals surface area (Å²) in [6, 6.07) is 7.45. The zero-order valence-corrected chi connectivity index (χ0v) is 7.90. The number of nitrogens with zero attached hydrogens (tertiary/aromatic N) is 1. The summed E-state index contributed by atoms with van der Waals surface area (Å²) in [7, 11) is 0. The van der Waals surface area contributed by atoms with Gasteiger partial charge in [0.25, 0.3) is 0 Å². The number of aliphatic hydroxyl groups is 1. The molecule has 0 spiro atoms. The molecule has 14 heavy (non-hydrogen) atoms. The zero-order chi connectivity index (χ0) is 10.6. The summed E-state index contributed by atoms with van der Waals surface area (Å²) >= 11 is 0. The van der Waals surface area contributed by atoms with E-state index >= 15 is 0 Å². The van der Waals surface area contributed by atoms with Crippen molar-refractivity contribution in [2.45, 2.75) is 5.92 Å². The molecule has 0 amide bonds. The van der Waals surface area contributed by atoms with Crippen molar-refractivity contribution in [3.8, 4) is 6.07 Å². The Morgan fingerprint density at radius 3 is 2.79 bits per heavy atom. The van der Waals surface area contributed by atoms with Gasteiger partial charge in [0.2, 0.25) is 0 Å². The number of hydrogen-bond donors (Lipinski definition) is 1. The predicted molar refractivity (Wildman–Crippen MR) is 56.4 cm³/mol. The summed E-state index contributed by atoms with van der Waals surface area (Å²) in [5.41, 5.74) is 2.20. The molecule has 1 rings (SSSR count). The molecule has 0 heterocycles. The van der Waals surface area contributed by atoms with Gasteiger partial charge < -0.3 is 5.11 Å². The lowest BCUT2D eigenvalue weighted by atomic mass is 9.93. The highest BCUT2D eigenvalue weighted by Gasteiger charge is 2.10. The summed E-state index contributed by atoms with van der Waals surface area (Å²) in [6.45, 7) is 7.43. The molecule has 0 saturated carbocycles. The first-order valence-corrected chi connectivity index (χ1v) is 4.34. The van der Waals surface area contributed by atoms with Crippen LogP contribution in [0.25, 0.3) is 6.08 Å². The average molecular weight is 186 g/mol. The lowest BCUT2D eigenvalue weighted by Gasteiger charge is -2.12. The van der Waals surface area contributed by atoms with Crippen LogP contribution >= 0.6 is 0 Å². The van der Waals surface area contributed by atoms with Gasteiger partial charge in [0.15, 0.2) is 0 Å². The van der Waals surface area contributed by atoms with Gasteiger partial charge in [0.1, 0.15) is 0 Å². The Kier molecular flexibility index (Phi) is 3.44. The van der Waals surface area contributed by atoms with Gasteiger partial charge in [-0.2, -0.15) is 5.26 Å². The monoisotopic (exact) mass is 186 g/mol. The highest BCUT2D eigenvalue weighted by Crippen LogP contribution is 2.23. The van der Waals surface area contributed by atoms with E-state index < -0.39 is 0 Å². The number of hydrogen-bond acceptors (Lipinski definition) is 2. The molecule has 2 heteroatoms. The number of aliphatic hydroxyl groups excluding tert-OH is 1. The van der Waals surface area contributed by atoms with Crippen LogP contribution in [0, 0.1) is 18.3 Å². The maximum absolute atomic E-state index is 8.99. The van der Waals surface area contributed by atoms with E-state index in [1.807, 2.05) is 6.07 Å². The van der Waals surface area contributed by atoms with Gasteiger partial charge in [-0.15, -0.1) is 0 Å². The van der Waals surface area contributed by atoms with Gasteiger partial charge in [0.05, 0.1) is 11.6 Å². The Morgan fingerprint density at radius 2 is 2.29 bits per heavy atom. The van der Waals surface area contributed by atoms with Crippen molar-refractivity contribution in [1.29, 1.82) is 5.26 Å². The molecule has 0 saturated heterocycles. The molecule has 1 aromatic rings. The lowest BCUT2D eigenvalue weighted by Crippen LogP contribution is -2.02. The van der Waals surface area contributed by atoms with Crippen LogP contribution in [0.2, 0.25) is 0 Å². The van der Waals surface area contributed by atoms with Crippen molar-refractivity contribution in [2.75, 3.05) is 6.61 Å². The fourth-order valence-electron chi connectivity index (χ4n) is 1.36. The van der Waals surface area contributed by atoms with Crippen LogP contribution in [-0.2, 0) is 0 Å². The Balaban J connectivity index is 3.30. The van der Waals surface area contributed by atoms with Crippen molar-refractivity contribution >= 4 is 6.08 Å². The zero-order valence-electron chi connectivity index (χ0n) is 7.90. The average Bonchev–Trinajstić information content (AvgIpc) is 2.26. The van der Waals surface area contributed by atoms with Crippen LogP contribution in [0.15, 0.2) is 24.8 Å². The molecular formula is C12H12NO. The predicted octanol–water partition coefficient (Wildman–Crippen LogP) is 2.11. The van der Waals surface area contributed by atoms with Crippen molar-refractivity contribution in [1.82, 2.24) is 0 Å². The largest absolute Gasteiger partial charge is 0.396 e. The highest BCUT2D eigenvalue weighted by atomic mass is 16.3. The molecule has 0 aromatic heterocycles. The third-order valence-electron chi connectivity index (χ3n) is 2.12. The second-order valence-corrected chi connectivity index (χ2v) is 3.00. The molecule has 2 nitrogen and oxygen atoms in total. The van der Waals surface area contributed by atoms with E-state index in [0.29, 0.717) is 5.56 Å². The molecular weight excluding hydrogens is 174 g/mol. The normalized spacial score (nSPS) is 11.8. The van der Waals surface area contributed by atoms with E-state index in [0.717, 1.165) is 11.1 Å². The van der Waals surface area contributed by atoms with E-state index in [2.05, 4.69) is 19.6 Å². The third-order valence-corrected chi connectivity index (χ3v) is 2.12. The Labute approximate surface area is 84.1 Å². The van der Waals surface area contributed by atoms with Crippen LogP contribution < -0.4 is 0 Å². The van der Waals surface area contributed by atoms with Gasteiger partial charge in [-0.1, -0.05) is 24.8 Å². The van der Waals surface area contributed by atoms with Gasteiger partial charge in [-0.25, -0.2) is 0 Å². The standard InChI is InChI=1S/C12H12NO/c1-3-11-10(7-13)5-4-6-12(11)9(2)8-14/h3-6,9,14H,1-2,8H2. The van der Waals surface area contributed by atoms with E-state index in [1.165, 1.54) is 0 Å². The Morgan fingerprint density at radius 1 is 1.57 bits per heavy atom.